The molecule has 2 N–H and O–H groups in total. The minimum Gasteiger partial charge on any atom is -0.370 e. The second kappa shape index (κ2) is 6.70. The van der Waals surface area contributed by atoms with Gasteiger partial charge in [-0.1, -0.05) is 6.92 Å². The van der Waals surface area contributed by atoms with Crippen molar-refractivity contribution in [3.8, 4) is 0 Å². The summed E-state index contributed by atoms with van der Waals surface area (Å²) in [5.41, 5.74) is 2.41. The van der Waals surface area contributed by atoms with Gasteiger partial charge in [0.2, 0.25) is 0 Å². The highest BCUT2D eigenvalue weighted by Crippen LogP contribution is 2.22. The summed E-state index contributed by atoms with van der Waals surface area (Å²) in [6, 6.07) is 2.15. The van der Waals surface area contributed by atoms with Gasteiger partial charge in [0.25, 0.3) is 0 Å². The van der Waals surface area contributed by atoms with Crippen molar-refractivity contribution in [3.63, 3.8) is 0 Å². The predicted molar refractivity (Wildman–Crippen MR) is 86.7 cm³/mol. The lowest BCUT2D eigenvalue weighted by Gasteiger charge is -2.14. The fraction of sp³-hybridized carbons (Fsp3) is 0.467. The number of aryl methyl sites for hydroxylation is 2. The van der Waals surface area contributed by atoms with Gasteiger partial charge in [-0.15, -0.1) is 11.3 Å². The van der Waals surface area contributed by atoms with Crippen molar-refractivity contribution in [2.75, 3.05) is 17.2 Å². The number of nitrogens with one attached hydrogen (secondary N) is 2. The Kier molecular flexibility index (Phi) is 4.95. The molecule has 0 saturated carbocycles. The largest absolute Gasteiger partial charge is 0.370 e. The Balaban J connectivity index is 2.21. The fourth-order valence-corrected chi connectivity index (χ4v) is 2.83. The van der Waals surface area contributed by atoms with E-state index in [1.165, 1.54) is 10.4 Å². The minimum absolute atomic E-state index is 0.816. The summed E-state index contributed by atoms with van der Waals surface area (Å²) in [6.07, 6.45) is 0.839. The van der Waals surface area contributed by atoms with Crippen molar-refractivity contribution in [3.05, 3.63) is 33.3 Å². The number of aromatic nitrogens is 2. The molecule has 0 amide bonds. The van der Waals surface area contributed by atoms with Gasteiger partial charge in [-0.2, -0.15) is 0 Å². The van der Waals surface area contributed by atoms with E-state index in [4.69, 9.17) is 0 Å². The molecule has 2 rings (SSSR count). The maximum Gasteiger partial charge on any atom is 0.135 e. The lowest BCUT2D eigenvalue weighted by Crippen LogP contribution is -2.10. The van der Waals surface area contributed by atoms with Crippen LogP contribution >= 0.6 is 11.3 Å². The maximum atomic E-state index is 4.61. The minimum atomic E-state index is 0.816. The summed E-state index contributed by atoms with van der Waals surface area (Å²) >= 11 is 1.78. The van der Waals surface area contributed by atoms with Crippen LogP contribution in [0.1, 0.15) is 35.7 Å². The van der Waals surface area contributed by atoms with Crippen LogP contribution in [0.2, 0.25) is 0 Å². The van der Waals surface area contributed by atoms with Gasteiger partial charge < -0.3 is 10.6 Å². The molecule has 20 heavy (non-hydrogen) atoms. The molecule has 108 valence electrons. The number of anilines is 2. The van der Waals surface area contributed by atoms with Crippen molar-refractivity contribution in [2.24, 2.45) is 0 Å². The third-order valence-corrected chi connectivity index (χ3v) is 4.26. The summed E-state index contributed by atoms with van der Waals surface area (Å²) in [5.74, 6) is 2.74. The topological polar surface area (TPSA) is 49.8 Å². The molecule has 2 heterocycles. The van der Waals surface area contributed by atoms with E-state index >= 15 is 0 Å². The van der Waals surface area contributed by atoms with Gasteiger partial charge in [0.15, 0.2) is 0 Å². The Labute approximate surface area is 124 Å². The molecule has 0 aliphatic heterocycles. The molecule has 0 aromatic carbocycles. The molecule has 0 aliphatic rings. The van der Waals surface area contributed by atoms with Crippen molar-refractivity contribution >= 4 is 23.0 Å². The van der Waals surface area contributed by atoms with Gasteiger partial charge in [0, 0.05) is 23.4 Å². The first-order valence-electron chi connectivity index (χ1n) is 7.03. The summed E-state index contributed by atoms with van der Waals surface area (Å²) in [4.78, 5) is 10.5. The van der Waals surface area contributed by atoms with Gasteiger partial charge in [0.1, 0.15) is 17.5 Å². The second-order valence-corrected chi connectivity index (χ2v) is 5.73. The number of nitrogens with zero attached hydrogens (tertiary/aromatic N) is 2. The average molecular weight is 290 g/mol. The Morgan fingerprint density at radius 3 is 2.35 bits per heavy atom. The van der Waals surface area contributed by atoms with Crippen LogP contribution in [0.25, 0.3) is 0 Å². The van der Waals surface area contributed by atoms with Gasteiger partial charge in [0.05, 0.1) is 6.54 Å². The Hall–Kier alpha value is -1.62. The number of hydrogen-bond donors (Lipinski definition) is 2. The maximum absolute atomic E-state index is 4.61. The third-order valence-electron chi connectivity index (χ3n) is 3.24. The first-order valence-corrected chi connectivity index (χ1v) is 7.91. The zero-order valence-electron chi connectivity index (χ0n) is 12.6. The van der Waals surface area contributed by atoms with E-state index in [2.05, 4.69) is 59.7 Å². The molecule has 0 saturated heterocycles. The molecule has 0 atom stereocenters. The smallest absolute Gasteiger partial charge is 0.135 e. The zero-order chi connectivity index (χ0) is 14.5. The highest BCUT2D eigenvalue weighted by Gasteiger charge is 2.10. The Morgan fingerprint density at radius 1 is 1.10 bits per heavy atom. The molecule has 0 fully saturated rings. The molecule has 2 aromatic rings. The van der Waals surface area contributed by atoms with Crippen LogP contribution in [-0.2, 0) is 13.0 Å². The quantitative estimate of drug-likeness (QED) is 0.850. The molecular weight excluding hydrogens is 268 g/mol. The van der Waals surface area contributed by atoms with Crippen LogP contribution in [0.4, 0.5) is 11.6 Å². The van der Waals surface area contributed by atoms with Crippen molar-refractivity contribution in [1.29, 1.82) is 0 Å². The Bertz CT molecular complexity index is 577. The van der Waals surface area contributed by atoms with E-state index in [1.54, 1.807) is 11.3 Å². The molecule has 0 bridgehead atoms. The standard InChI is InChI=1S/C15H22N4S/c1-5-13-18-14(16-6-2)11(4)15(19-13)17-9-12-10(3)7-8-20-12/h7-8H,5-6,9H2,1-4H3,(H2,16,17,18,19). The summed E-state index contributed by atoms with van der Waals surface area (Å²) in [7, 11) is 0. The third kappa shape index (κ3) is 3.28. The fourth-order valence-electron chi connectivity index (χ4n) is 1.98. The van der Waals surface area contributed by atoms with E-state index in [-0.39, 0.29) is 0 Å². The monoisotopic (exact) mass is 290 g/mol. The van der Waals surface area contributed by atoms with Crippen LogP contribution in [0, 0.1) is 13.8 Å². The molecule has 4 nitrogen and oxygen atoms in total. The van der Waals surface area contributed by atoms with E-state index in [9.17, 15) is 0 Å². The summed E-state index contributed by atoms with van der Waals surface area (Å²) < 4.78 is 0. The molecule has 0 aliphatic carbocycles. The predicted octanol–water partition coefficient (Wildman–Crippen LogP) is 3.76. The van der Waals surface area contributed by atoms with E-state index in [0.29, 0.717) is 0 Å². The Morgan fingerprint density at radius 2 is 1.80 bits per heavy atom. The van der Waals surface area contributed by atoms with Crippen LogP contribution in [0.5, 0.6) is 0 Å². The first-order chi connectivity index (χ1) is 9.65. The molecular formula is C15H22N4S. The van der Waals surface area contributed by atoms with Gasteiger partial charge in [-0.3, -0.25) is 0 Å². The van der Waals surface area contributed by atoms with Gasteiger partial charge >= 0.3 is 0 Å². The van der Waals surface area contributed by atoms with Gasteiger partial charge in [-0.05, 0) is 37.8 Å². The van der Waals surface area contributed by atoms with Crippen molar-refractivity contribution in [2.45, 2.75) is 40.7 Å². The lowest BCUT2D eigenvalue weighted by molar-refractivity contribution is 0.920. The first kappa shape index (κ1) is 14.8. The highest BCUT2D eigenvalue weighted by molar-refractivity contribution is 7.10. The van der Waals surface area contributed by atoms with Crippen molar-refractivity contribution < 1.29 is 0 Å². The molecule has 0 radical (unpaired) electrons. The number of rotatable bonds is 6. The molecule has 5 heteroatoms. The van der Waals surface area contributed by atoms with E-state index in [1.807, 2.05) is 0 Å². The SMILES string of the molecule is CCNc1nc(CC)nc(NCc2sccc2C)c1C. The van der Waals surface area contributed by atoms with Crippen LogP contribution < -0.4 is 10.6 Å². The highest BCUT2D eigenvalue weighted by atomic mass is 32.1. The van der Waals surface area contributed by atoms with Gasteiger partial charge in [-0.25, -0.2) is 9.97 Å². The summed E-state index contributed by atoms with van der Waals surface area (Å²) in [5, 5.41) is 8.88. The summed E-state index contributed by atoms with van der Waals surface area (Å²) in [6.45, 7) is 10.0. The second-order valence-electron chi connectivity index (χ2n) is 4.73. The molecule has 0 spiro atoms. The zero-order valence-corrected chi connectivity index (χ0v) is 13.4. The number of thiophene rings is 1. The normalized spacial score (nSPS) is 10.6. The van der Waals surface area contributed by atoms with Crippen LogP contribution in [0.15, 0.2) is 11.4 Å². The van der Waals surface area contributed by atoms with Crippen LogP contribution in [0.3, 0.4) is 0 Å². The van der Waals surface area contributed by atoms with E-state index in [0.717, 1.165) is 42.5 Å². The van der Waals surface area contributed by atoms with E-state index < -0.39 is 0 Å². The van der Waals surface area contributed by atoms with Crippen molar-refractivity contribution in [1.82, 2.24) is 9.97 Å². The molecule has 2 aromatic heterocycles. The molecule has 0 unspecified atom stereocenters. The number of hydrogen-bond acceptors (Lipinski definition) is 5. The average Bonchev–Trinajstić information content (AvgIpc) is 2.85. The lowest BCUT2D eigenvalue weighted by atomic mass is 10.2. The van der Waals surface area contributed by atoms with Crippen LogP contribution in [-0.4, -0.2) is 16.5 Å².